The molecular weight excluding hydrogens is 298 g/mol. The highest BCUT2D eigenvalue weighted by molar-refractivity contribution is 7.17. The smallest absolute Gasteiger partial charge is 0.133 e. The van der Waals surface area contributed by atoms with Crippen LogP contribution in [0.2, 0.25) is 0 Å². The lowest BCUT2D eigenvalue weighted by Crippen LogP contribution is -2.27. The Balaban J connectivity index is 1.96. The number of aliphatic hydroxyl groups excluding tert-OH is 1. The van der Waals surface area contributed by atoms with Gasteiger partial charge in [0.15, 0.2) is 0 Å². The third-order valence-electron chi connectivity index (χ3n) is 3.90. The molecule has 0 fully saturated rings. The van der Waals surface area contributed by atoms with E-state index in [0.717, 1.165) is 41.0 Å². The molecule has 4 nitrogen and oxygen atoms in total. The van der Waals surface area contributed by atoms with Crippen LogP contribution in [-0.4, -0.2) is 50.0 Å². The monoisotopic (exact) mass is 323 g/mol. The molecule has 122 valence electrons. The van der Waals surface area contributed by atoms with E-state index in [0.29, 0.717) is 6.61 Å². The van der Waals surface area contributed by atoms with Gasteiger partial charge in [-0.25, -0.2) is 0 Å². The zero-order valence-electron chi connectivity index (χ0n) is 13.5. The Morgan fingerprint density at radius 3 is 2.68 bits per heavy atom. The van der Waals surface area contributed by atoms with Crippen LogP contribution in [0, 0.1) is 0 Å². The minimum atomic E-state index is -0.670. The molecule has 1 heterocycles. The average Bonchev–Trinajstić information content (AvgIpc) is 3.02. The van der Waals surface area contributed by atoms with Crippen LogP contribution in [0.3, 0.4) is 0 Å². The van der Waals surface area contributed by atoms with E-state index in [4.69, 9.17) is 9.47 Å². The van der Waals surface area contributed by atoms with Crippen molar-refractivity contribution in [3.8, 4) is 5.75 Å². The number of benzene rings is 1. The molecule has 0 spiro atoms. The molecule has 1 aromatic carbocycles. The Labute approximate surface area is 136 Å². The molecule has 0 saturated carbocycles. The quantitative estimate of drug-likeness (QED) is 0.719. The van der Waals surface area contributed by atoms with Crippen LogP contribution < -0.4 is 4.74 Å². The minimum absolute atomic E-state index is 0.285. The maximum Gasteiger partial charge on any atom is 0.133 e. The molecule has 5 heteroatoms. The fraction of sp³-hybridized carbons (Fsp3) is 0.529. The highest BCUT2D eigenvalue weighted by atomic mass is 32.1. The summed E-state index contributed by atoms with van der Waals surface area (Å²) >= 11 is 1.67. The van der Waals surface area contributed by atoms with E-state index in [1.807, 2.05) is 23.6 Å². The summed E-state index contributed by atoms with van der Waals surface area (Å²) in [5.41, 5.74) is 0.788. The van der Waals surface area contributed by atoms with Gasteiger partial charge in [0.1, 0.15) is 11.9 Å². The van der Waals surface area contributed by atoms with Gasteiger partial charge in [0.2, 0.25) is 0 Å². The fourth-order valence-corrected chi connectivity index (χ4v) is 3.33. The fourth-order valence-electron chi connectivity index (χ4n) is 2.54. The number of likely N-dealkylation sites (N-methyl/N-ethyl adjacent to an activating group) is 1. The SMILES string of the molecule is CCN(CC)CCOCC(O)c1ccc2sccc2c1OC. The largest absolute Gasteiger partial charge is 0.496 e. The lowest BCUT2D eigenvalue weighted by Gasteiger charge is -2.19. The molecule has 1 aromatic heterocycles. The summed E-state index contributed by atoms with van der Waals surface area (Å²) in [6, 6.07) is 5.98. The number of nitrogens with zero attached hydrogens (tertiary/aromatic N) is 1. The van der Waals surface area contributed by atoms with E-state index in [1.54, 1.807) is 18.4 Å². The summed E-state index contributed by atoms with van der Waals surface area (Å²) in [5.74, 6) is 0.749. The molecule has 0 aliphatic heterocycles. The van der Waals surface area contributed by atoms with E-state index in [1.165, 1.54) is 0 Å². The molecule has 0 aliphatic carbocycles. The normalized spacial score (nSPS) is 13.0. The van der Waals surface area contributed by atoms with Gasteiger partial charge in [0.25, 0.3) is 0 Å². The topological polar surface area (TPSA) is 41.9 Å². The lowest BCUT2D eigenvalue weighted by molar-refractivity contribution is 0.0264. The van der Waals surface area contributed by atoms with Crippen molar-refractivity contribution in [3.05, 3.63) is 29.1 Å². The van der Waals surface area contributed by atoms with Gasteiger partial charge in [-0.3, -0.25) is 0 Å². The van der Waals surface area contributed by atoms with Crippen LogP contribution in [0.4, 0.5) is 0 Å². The zero-order chi connectivity index (χ0) is 15.9. The Kier molecular flexibility index (Phi) is 6.64. The number of ether oxygens (including phenoxy) is 2. The summed E-state index contributed by atoms with van der Waals surface area (Å²) in [5, 5.41) is 13.5. The van der Waals surface area contributed by atoms with Crippen LogP contribution >= 0.6 is 11.3 Å². The first-order valence-electron chi connectivity index (χ1n) is 7.73. The second-order valence-electron chi connectivity index (χ2n) is 5.14. The van der Waals surface area contributed by atoms with Gasteiger partial charge in [0, 0.05) is 22.2 Å². The molecule has 0 radical (unpaired) electrons. The van der Waals surface area contributed by atoms with Crippen LogP contribution in [0.25, 0.3) is 10.1 Å². The molecule has 0 bridgehead atoms. The van der Waals surface area contributed by atoms with Crippen LogP contribution in [0.15, 0.2) is 23.6 Å². The minimum Gasteiger partial charge on any atom is -0.496 e. The number of fused-ring (bicyclic) bond motifs is 1. The molecule has 0 saturated heterocycles. The third-order valence-corrected chi connectivity index (χ3v) is 4.78. The molecular formula is C17H25NO3S. The third kappa shape index (κ3) is 3.98. The number of methoxy groups -OCH3 is 1. The molecule has 0 aliphatic rings. The number of rotatable bonds is 9. The van der Waals surface area contributed by atoms with Gasteiger partial charge in [-0.15, -0.1) is 11.3 Å². The molecule has 22 heavy (non-hydrogen) atoms. The predicted octanol–water partition coefficient (Wildman–Crippen LogP) is 3.30. The number of thiophene rings is 1. The van der Waals surface area contributed by atoms with E-state index >= 15 is 0 Å². The van der Waals surface area contributed by atoms with Crippen molar-refractivity contribution in [2.24, 2.45) is 0 Å². The predicted molar refractivity (Wildman–Crippen MR) is 91.9 cm³/mol. The van der Waals surface area contributed by atoms with Crippen LogP contribution in [-0.2, 0) is 4.74 Å². The number of aliphatic hydroxyl groups is 1. The van der Waals surface area contributed by atoms with Crippen molar-refractivity contribution in [2.75, 3.05) is 40.0 Å². The Hall–Kier alpha value is -1.14. The molecule has 0 amide bonds. The Bertz CT molecular complexity index is 580. The second-order valence-corrected chi connectivity index (χ2v) is 6.09. The first kappa shape index (κ1) is 17.2. The second kappa shape index (κ2) is 8.48. The summed E-state index contributed by atoms with van der Waals surface area (Å²) in [6.45, 7) is 8.12. The molecule has 2 rings (SSSR count). The molecule has 2 aromatic rings. The van der Waals surface area contributed by atoms with Crippen molar-refractivity contribution in [2.45, 2.75) is 20.0 Å². The maximum absolute atomic E-state index is 10.4. The van der Waals surface area contributed by atoms with Gasteiger partial charge < -0.3 is 19.5 Å². The zero-order valence-corrected chi connectivity index (χ0v) is 14.4. The highest BCUT2D eigenvalue weighted by Crippen LogP contribution is 2.36. The van der Waals surface area contributed by atoms with E-state index in [-0.39, 0.29) is 6.61 Å². The first-order chi connectivity index (χ1) is 10.7. The van der Waals surface area contributed by atoms with Crippen molar-refractivity contribution < 1.29 is 14.6 Å². The van der Waals surface area contributed by atoms with E-state index in [9.17, 15) is 5.11 Å². The average molecular weight is 323 g/mol. The van der Waals surface area contributed by atoms with Gasteiger partial charge in [-0.2, -0.15) is 0 Å². The number of hydrogen-bond acceptors (Lipinski definition) is 5. The van der Waals surface area contributed by atoms with Crippen LogP contribution in [0.5, 0.6) is 5.75 Å². The first-order valence-corrected chi connectivity index (χ1v) is 8.61. The van der Waals surface area contributed by atoms with Gasteiger partial charge in [-0.05, 0) is 30.6 Å². The standard InChI is InChI=1S/C17H25NO3S/c1-4-18(5-2)9-10-21-12-15(19)13-6-7-16-14(8-11-22-16)17(13)20-3/h6-8,11,15,19H,4-5,9-10,12H2,1-3H3. The Morgan fingerprint density at radius 2 is 2.00 bits per heavy atom. The molecule has 1 unspecified atom stereocenters. The lowest BCUT2D eigenvalue weighted by atomic mass is 10.1. The molecule has 1 N–H and O–H groups in total. The van der Waals surface area contributed by atoms with E-state index < -0.39 is 6.10 Å². The maximum atomic E-state index is 10.4. The van der Waals surface area contributed by atoms with E-state index in [2.05, 4.69) is 18.7 Å². The van der Waals surface area contributed by atoms with Crippen molar-refractivity contribution in [3.63, 3.8) is 0 Å². The number of hydrogen-bond donors (Lipinski definition) is 1. The van der Waals surface area contributed by atoms with Gasteiger partial charge in [0.05, 0.1) is 20.3 Å². The van der Waals surface area contributed by atoms with Crippen molar-refractivity contribution >= 4 is 21.4 Å². The van der Waals surface area contributed by atoms with Gasteiger partial charge >= 0.3 is 0 Å². The van der Waals surface area contributed by atoms with Crippen molar-refractivity contribution in [1.29, 1.82) is 0 Å². The van der Waals surface area contributed by atoms with Gasteiger partial charge in [-0.1, -0.05) is 19.9 Å². The summed E-state index contributed by atoms with van der Waals surface area (Å²) in [7, 11) is 1.64. The Morgan fingerprint density at radius 1 is 1.23 bits per heavy atom. The summed E-state index contributed by atoms with van der Waals surface area (Å²) in [4.78, 5) is 2.30. The van der Waals surface area contributed by atoms with Crippen LogP contribution in [0.1, 0.15) is 25.5 Å². The van der Waals surface area contributed by atoms with Crippen molar-refractivity contribution in [1.82, 2.24) is 4.90 Å². The highest BCUT2D eigenvalue weighted by Gasteiger charge is 2.16. The molecule has 1 atom stereocenters. The summed E-state index contributed by atoms with van der Waals surface area (Å²) < 4.78 is 12.3. The summed E-state index contributed by atoms with van der Waals surface area (Å²) in [6.07, 6.45) is -0.670.